The smallest absolute Gasteiger partial charge is 0.249 e. The van der Waals surface area contributed by atoms with E-state index in [2.05, 4.69) is 5.32 Å². The quantitative estimate of drug-likeness (QED) is 0.808. The van der Waals surface area contributed by atoms with E-state index in [0.717, 1.165) is 30.9 Å². The molecule has 1 aliphatic rings. The predicted octanol–water partition coefficient (Wildman–Crippen LogP) is 1.50. The van der Waals surface area contributed by atoms with E-state index in [1.807, 2.05) is 18.4 Å². The van der Waals surface area contributed by atoms with Crippen LogP contribution >= 0.6 is 11.3 Å². The standard InChI is InChI=1S/C12H18N2O2S/c1-2-16-10-4-9(5-10)14-6-11-3-8(7-17-11)12(13)15/h3,7,9-10,14H,2,4-6H2,1H3,(H2,13,15). The number of thiophene rings is 1. The summed E-state index contributed by atoms with van der Waals surface area (Å²) in [5.41, 5.74) is 5.81. The van der Waals surface area contributed by atoms with Gasteiger partial charge in [-0.1, -0.05) is 0 Å². The summed E-state index contributed by atoms with van der Waals surface area (Å²) in [5.74, 6) is -0.354. The van der Waals surface area contributed by atoms with Gasteiger partial charge in [0, 0.05) is 29.5 Å². The number of nitrogens with two attached hydrogens (primary N) is 1. The monoisotopic (exact) mass is 254 g/mol. The van der Waals surface area contributed by atoms with E-state index in [-0.39, 0.29) is 5.91 Å². The van der Waals surface area contributed by atoms with Crippen molar-refractivity contribution < 1.29 is 9.53 Å². The topological polar surface area (TPSA) is 64.3 Å². The van der Waals surface area contributed by atoms with Crippen molar-refractivity contribution in [3.8, 4) is 0 Å². The van der Waals surface area contributed by atoms with Crippen molar-refractivity contribution in [1.82, 2.24) is 5.32 Å². The summed E-state index contributed by atoms with van der Waals surface area (Å²) in [6.45, 7) is 3.63. The molecule has 5 heteroatoms. The maximum Gasteiger partial charge on any atom is 0.249 e. The fourth-order valence-corrected chi connectivity index (χ4v) is 2.78. The van der Waals surface area contributed by atoms with Crippen molar-refractivity contribution in [2.45, 2.75) is 38.5 Å². The van der Waals surface area contributed by atoms with Gasteiger partial charge in [-0.05, 0) is 25.8 Å². The van der Waals surface area contributed by atoms with Gasteiger partial charge in [-0.25, -0.2) is 0 Å². The summed E-state index contributed by atoms with van der Waals surface area (Å²) in [7, 11) is 0. The molecular formula is C12H18N2O2S. The highest BCUT2D eigenvalue weighted by Crippen LogP contribution is 2.24. The van der Waals surface area contributed by atoms with Gasteiger partial charge in [0.2, 0.25) is 5.91 Å². The Morgan fingerprint density at radius 1 is 1.65 bits per heavy atom. The highest BCUT2D eigenvalue weighted by Gasteiger charge is 2.28. The molecule has 1 fully saturated rings. The number of carbonyl (C=O) groups excluding carboxylic acids is 1. The maximum atomic E-state index is 10.9. The molecule has 4 nitrogen and oxygen atoms in total. The number of rotatable bonds is 6. The van der Waals surface area contributed by atoms with E-state index in [0.29, 0.717) is 17.7 Å². The van der Waals surface area contributed by atoms with E-state index in [1.165, 1.54) is 0 Å². The van der Waals surface area contributed by atoms with E-state index in [4.69, 9.17) is 10.5 Å². The fraction of sp³-hybridized carbons (Fsp3) is 0.583. The molecule has 1 aromatic rings. The van der Waals surface area contributed by atoms with Gasteiger partial charge >= 0.3 is 0 Å². The third-order valence-electron chi connectivity index (χ3n) is 3.00. The second-order valence-electron chi connectivity index (χ2n) is 4.29. The van der Waals surface area contributed by atoms with Crippen LogP contribution in [0.2, 0.25) is 0 Å². The third-order valence-corrected chi connectivity index (χ3v) is 3.94. The van der Waals surface area contributed by atoms with Crippen molar-refractivity contribution in [2.75, 3.05) is 6.61 Å². The first-order valence-corrected chi connectivity index (χ1v) is 6.79. The van der Waals surface area contributed by atoms with E-state index < -0.39 is 0 Å². The normalized spacial score (nSPS) is 23.4. The second kappa shape index (κ2) is 5.62. The molecule has 0 aliphatic heterocycles. The third kappa shape index (κ3) is 3.28. The lowest BCUT2D eigenvalue weighted by Gasteiger charge is -2.35. The Labute approximate surface area is 105 Å². The predicted molar refractivity (Wildman–Crippen MR) is 68.1 cm³/mol. The molecule has 1 aliphatic carbocycles. The zero-order valence-corrected chi connectivity index (χ0v) is 10.8. The van der Waals surface area contributed by atoms with Crippen LogP contribution in [0.4, 0.5) is 0 Å². The Morgan fingerprint density at radius 3 is 3.00 bits per heavy atom. The van der Waals surface area contributed by atoms with Crippen molar-refractivity contribution in [3.63, 3.8) is 0 Å². The maximum absolute atomic E-state index is 10.9. The zero-order valence-electron chi connectivity index (χ0n) is 9.94. The number of nitrogens with one attached hydrogen (secondary N) is 1. The van der Waals surface area contributed by atoms with Gasteiger partial charge in [-0.3, -0.25) is 4.79 Å². The number of hydrogen-bond acceptors (Lipinski definition) is 4. The van der Waals surface area contributed by atoms with Crippen LogP contribution < -0.4 is 11.1 Å². The van der Waals surface area contributed by atoms with Gasteiger partial charge in [0.15, 0.2) is 0 Å². The van der Waals surface area contributed by atoms with E-state index in [9.17, 15) is 4.79 Å². The minimum Gasteiger partial charge on any atom is -0.378 e. The minimum absolute atomic E-state index is 0.354. The zero-order chi connectivity index (χ0) is 12.3. The summed E-state index contributed by atoms with van der Waals surface area (Å²) in [4.78, 5) is 12.1. The number of ether oxygens (including phenoxy) is 1. The van der Waals surface area contributed by atoms with Crippen molar-refractivity contribution in [2.24, 2.45) is 5.73 Å². The summed E-state index contributed by atoms with van der Waals surface area (Å²) >= 11 is 1.57. The molecule has 1 heterocycles. The number of hydrogen-bond donors (Lipinski definition) is 2. The van der Waals surface area contributed by atoms with Crippen LogP contribution in [0, 0.1) is 0 Å². The van der Waals surface area contributed by atoms with Crippen molar-refractivity contribution in [3.05, 3.63) is 21.9 Å². The molecule has 0 spiro atoms. The molecule has 1 amide bonds. The average Bonchev–Trinajstić information content (AvgIpc) is 2.70. The molecule has 17 heavy (non-hydrogen) atoms. The van der Waals surface area contributed by atoms with Crippen molar-refractivity contribution >= 4 is 17.2 Å². The lowest BCUT2D eigenvalue weighted by atomic mass is 9.89. The lowest BCUT2D eigenvalue weighted by molar-refractivity contribution is -0.0101. The molecule has 3 N–H and O–H groups in total. The van der Waals surface area contributed by atoms with E-state index in [1.54, 1.807) is 11.3 Å². The van der Waals surface area contributed by atoms with Gasteiger partial charge in [0.25, 0.3) is 0 Å². The highest BCUT2D eigenvalue weighted by molar-refractivity contribution is 7.10. The first-order valence-electron chi connectivity index (χ1n) is 5.91. The van der Waals surface area contributed by atoms with E-state index >= 15 is 0 Å². The molecule has 0 atom stereocenters. The van der Waals surface area contributed by atoms with Gasteiger partial charge in [0.05, 0.1) is 11.7 Å². The summed E-state index contributed by atoms with van der Waals surface area (Å²) in [6, 6.07) is 2.41. The van der Waals surface area contributed by atoms with Gasteiger partial charge in [0.1, 0.15) is 0 Å². The van der Waals surface area contributed by atoms with Crippen LogP contribution in [0.3, 0.4) is 0 Å². The Balaban J connectivity index is 1.70. The first kappa shape index (κ1) is 12.5. The second-order valence-corrected chi connectivity index (χ2v) is 5.29. The molecule has 1 saturated carbocycles. The van der Waals surface area contributed by atoms with Crippen LogP contribution in [0.25, 0.3) is 0 Å². The minimum atomic E-state index is -0.354. The molecule has 0 bridgehead atoms. The van der Waals surface area contributed by atoms with Crippen LogP contribution in [0.5, 0.6) is 0 Å². The molecule has 0 radical (unpaired) electrons. The summed E-state index contributed by atoms with van der Waals surface area (Å²) in [6.07, 6.45) is 2.60. The van der Waals surface area contributed by atoms with Crippen LogP contribution in [-0.2, 0) is 11.3 Å². The lowest BCUT2D eigenvalue weighted by Crippen LogP contribution is -2.44. The number of amides is 1. The largest absolute Gasteiger partial charge is 0.378 e. The van der Waals surface area contributed by atoms with Crippen LogP contribution in [-0.4, -0.2) is 24.7 Å². The Morgan fingerprint density at radius 2 is 2.41 bits per heavy atom. The average molecular weight is 254 g/mol. The molecule has 0 unspecified atom stereocenters. The molecule has 0 saturated heterocycles. The summed E-state index contributed by atoms with van der Waals surface area (Å²) in [5, 5.41) is 5.26. The SMILES string of the molecule is CCOC1CC(NCc2cc(C(N)=O)cs2)C1. The Hall–Kier alpha value is -0.910. The van der Waals surface area contributed by atoms with Gasteiger partial charge in [-0.2, -0.15) is 0 Å². The summed E-state index contributed by atoms with van der Waals surface area (Å²) < 4.78 is 5.50. The van der Waals surface area contributed by atoms with Crippen molar-refractivity contribution in [1.29, 1.82) is 0 Å². The van der Waals surface area contributed by atoms with Gasteiger partial charge in [-0.15, -0.1) is 11.3 Å². The van der Waals surface area contributed by atoms with Crippen LogP contribution in [0.15, 0.2) is 11.4 Å². The molecule has 0 aromatic carbocycles. The molecule has 2 rings (SSSR count). The van der Waals surface area contributed by atoms with Crippen LogP contribution in [0.1, 0.15) is 35.0 Å². The molecular weight excluding hydrogens is 236 g/mol. The highest BCUT2D eigenvalue weighted by atomic mass is 32.1. The molecule has 94 valence electrons. The number of primary amides is 1. The Kier molecular flexibility index (Phi) is 4.15. The fourth-order valence-electron chi connectivity index (χ4n) is 1.95. The Bertz CT molecular complexity index is 386. The first-order chi connectivity index (χ1) is 8.19. The van der Waals surface area contributed by atoms with Gasteiger partial charge < -0.3 is 15.8 Å². The molecule has 1 aromatic heterocycles. The number of carbonyl (C=O) groups is 1.